The van der Waals surface area contributed by atoms with Crippen molar-refractivity contribution in [2.24, 2.45) is 11.7 Å². The highest BCUT2D eigenvalue weighted by atomic mass is 19.4. The molecule has 0 aliphatic heterocycles. The van der Waals surface area contributed by atoms with E-state index in [-0.39, 0.29) is 5.92 Å². The number of nitrogens with two attached hydrogens (primary N) is 1. The van der Waals surface area contributed by atoms with Crippen LogP contribution in [0.2, 0.25) is 0 Å². The maximum absolute atomic E-state index is 11.9. The highest BCUT2D eigenvalue weighted by Crippen LogP contribution is 2.19. The van der Waals surface area contributed by atoms with E-state index in [2.05, 4.69) is 0 Å². The van der Waals surface area contributed by atoms with Gasteiger partial charge in [0.1, 0.15) is 0 Å². The molecule has 0 fully saturated rings. The van der Waals surface area contributed by atoms with Crippen LogP contribution in [0.15, 0.2) is 0 Å². The minimum Gasteiger partial charge on any atom is -0.382 e. The standard InChI is InChI=1S/C9H17F3N2O2/c1-5(2)3-6(13)8(16)14-4-7(15)9(10,11)12/h5-7,15H,3-4,13H2,1-2H3,(H,14,16)/t6-,7?/m1/s1. The van der Waals surface area contributed by atoms with E-state index in [1.165, 1.54) is 0 Å². The van der Waals surface area contributed by atoms with Gasteiger partial charge in [-0.25, -0.2) is 0 Å². The van der Waals surface area contributed by atoms with E-state index < -0.39 is 30.8 Å². The van der Waals surface area contributed by atoms with Gasteiger partial charge in [0.2, 0.25) is 5.91 Å². The summed E-state index contributed by atoms with van der Waals surface area (Å²) in [7, 11) is 0. The molecule has 0 aliphatic carbocycles. The van der Waals surface area contributed by atoms with Crippen LogP contribution < -0.4 is 11.1 Å². The van der Waals surface area contributed by atoms with Gasteiger partial charge >= 0.3 is 6.18 Å². The Labute approximate surface area is 92.0 Å². The van der Waals surface area contributed by atoms with Crippen LogP contribution in [-0.2, 0) is 4.79 Å². The minimum atomic E-state index is -4.73. The summed E-state index contributed by atoms with van der Waals surface area (Å²) in [6.45, 7) is 2.82. The first-order valence-corrected chi connectivity index (χ1v) is 4.92. The van der Waals surface area contributed by atoms with E-state index in [0.29, 0.717) is 6.42 Å². The Morgan fingerprint density at radius 1 is 1.44 bits per heavy atom. The first-order chi connectivity index (χ1) is 7.14. The highest BCUT2D eigenvalue weighted by molar-refractivity contribution is 5.81. The quantitative estimate of drug-likeness (QED) is 0.653. The highest BCUT2D eigenvalue weighted by Gasteiger charge is 2.38. The summed E-state index contributed by atoms with van der Waals surface area (Å²) in [6.07, 6.45) is -6.90. The van der Waals surface area contributed by atoms with Crippen molar-refractivity contribution in [3.8, 4) is 0 Å². The maximum Gasteiger partial charge on any atom is 0.416 e. The van der Waals surface area contributed by atoms with Crippen molar-refractivity contribution in [3.05, 3.63) is 0 Å². The van der Waals surface area contributed by atoms with Crippen LogP contribution >= 0.6 is 0 Å². The molecule has 1 unspecified atom stereocenters. The lowest BCUT2D eigenvalue weighted by atomic mass is 10.0. The lowest BCUT2D eigenvalue weighted by Gasteiger charge is -2.18. The maximum atomic E-state index is 11.9. The number of carbonyl (C=O) groups is 1. The van der Waals surface area contributed by atoms with Gasteiger partial charge in [0.15, 0.2) is 6.10 Å². The third-order valence-electron chi connectivity index (χ3n) is 1.91. The first kappa shape index (κ1) is 15.2. The smallest absolute Gasteiger partial charge is 0.382 e. The molecule has 7 heteroatoms. The monoisotopic (exact) mass is 242 g/mol. The Hall–Kier alpha value is -0.820. The van der Waals surface area contributed by atoms with Gasteiger partial charge in [-0.1, -0.05) is 13.8 Å². The van der Waals surface area contributed by atoms with Crippen molar-refractivity contribution < 1.29 is 23.1 Å². The van der Waals surface area contributed by atoms with E-state index in [0.717, 1.165) is 0 Å². The molecule has 0 aliphatic rings. The van der Waals surface area contributed by atoms with Gasteiger partial charge in [-0.3, -0.25) is 4.79 Å². The van der Waals surface area contributed by atoms with E-state index in [1.54, 1.807) is 0 Å². The number of amides is 1. The van der Waals surface area contributed by atoms with E-state index >= 15 is 0 Å². The summed E-state index contributed by atoms with van der Waals surface area (Å²) in [5.74, 6) is -0.509. The predicted octanol–water partition coefficient (Wildman–Crippen LogP) is 0.399. The number of aliphatic hydroxyl groups is 1. The summed E-state index contributed by atoms with van der Waals surface area (Å²) in [4.78, 5) is 11.2. The molecule has 0 aromatic heterocycles. The molecule has 0 heterocycles. The number of halogens is 3. The number of alkyl halides is 3. The molecule has 16 heavy (non-hydrogen) atoms. The number of aliphatic hydroxyl groups excluding tert-OH is 1. The molecule has 0 bridgehead atoms. The minimum absolute atomic E-state index is 0.174. The van der Waals surface area contributed by atoms with Crippen molar-refractivity contribution in [1.29, 1.82) is 0 Å². The van der Waals surface area contributed by atoms with Gasteiger partial charge in [0.25, 0.3) is 0 Å². The topological polar surface area (TPSA) is 75.4 Å². The summed E-state index contributed by atoms with van der Waals surface area (Å²) in [6, 6.07) is -0.847. The zero-order valence-corrected chi connectivity index (χ0v) is 9.21. The zero-order chi connectivity index (χ0) is 12.9. The van der Waals surface area contributed by atoms with Crippen molar-refractivity contribution in [1.82, 2.24) is 5.32 Å². The molecule has 1 amide bonds. The van der Waals surface area contributed by atoms with Crippen LogP contribution in [0.3, 0.4) is 0 Å². The second kappa shape index (κ2) is 6.05. The molecular weight excluding hydrogens is 225 g/mol. The third-order valence-corrected chi connectivity index (χ3v) is 1.91. The van der Waals surface area contributed by atoms with E-state index in [9.17, 15) is 18.0 Å². The van der Waals surface area contributed by atoms with Crippen LogP contribution in [0, 0.1) is 5.92 Å². The molecule has 0 aromatic rings. The van der Waals surface area contributed by atoms with Crippen molar-refractivity contribution in [2.75, 3.05) is 6.54 Å². The van der Waals surface area contributed by atoms with Gasteiger partial charge < -0.3 is 16.2 Å². The molecular formula is C9H17F3N2O2. The van der Waals surface area contributed by atoms with Gasteiger partial charge in [-0.2, -0.15) is 13.2 Å². The van der Waals surface area contributed by atoms with Crippen molar-refractivity contribution in [2.45, 2.75) is 38.6 Å². The number of rotatable bonds is 5. The Balaban J connectivity index is 3.98. The largest absolute Gasteiger partial charge is 0.416 e. The Morgan fingerprint density at radius 3 is 2.31 bits per heavy atom. The fourth-order valence-electron chi connectivity index (χ4n) is 1.06. The van der Waals surface area contributed by atoms with Crippen LogP contribution in [0.4, 0.5) is 13.2 Å². The first-order valence-electron chi connectivity index (χ1n) is 4.92. The van der Waals surface area contributed by atoms with E-state index in [1.807, 2.05) is 19.2 Å². The molecule has 0 radical (unpaired) electrons. The van der Waals surface area contributed by atoms with Crippen molar-refractivity contribution >= 4 is 5.91 Å². The average molecular weight is 242 g/mol. The number of hydrogen-bond donors (Lipinski definition) is 3. The molecule has 2 atom stereocenters. The van der Waals surface area contributed by atoms with Crippen molar-refractivity contribution in [3.63, 3.8) is 0 Å². The number of hydrogen-bond acceptors (Lipinski definition) is 3. The molecule has 0 saturated carbocycles. The summed E-state index contributed by atoms with van der Waals surface area (Å²) >= 11 is 0. The molecule has 4 nitrogen and oxygen atoms in total. The second-order valence-electron chi connectivity index (χ2n) is 4.04. The molecule has 0 spiro atoms. The zero-order valence-electron chi connectivity index (χ0n) is 9.21. The molecule has 0 saturated heterocycles. The summed E-state index contributed by atoms with van der Waals surface area (Å²) < 4.78 is 35.6. The normalized spacial score (nSPS) is 16.0. The van der Waals surface area contributed by atoms with Crippen LogP contribution in [0.5, 0.6) is 0 Å². The fourth-order valence-corrected chi connectivity index (χ4v) is 1.06. The summed E-state index contributed by atoms with van der Waals surface area (Å²) in [5.41, 5.74) is 5.44. The van der Waals surface area contributed by atoms with E-state index in [4.69, 9.17) is 10.8 Å². The summed E-state index contributed by atoms with van der Waals surface area (Å²) in [5, 5.41) is 10.6. The SMILES string of the molecule is CC(C)C[C@@H](N)C(=O)NCC(O)C(F)(F)F. The molecule has 4 N–H and O–H groups in total. The molecule has 96 valence electrons. The van der Waals surface area contributed by atoms with Crippen LogP contribution in [-0.4, -0.2) is 35.9 Å². The average Bonchev–Trinajstić information content (AvgIpc) is 2.10. The van der Waals surface area contributed by atoms with Gasteiger partial charge in [0, 0.05) is 0 Å². The predicted molar refractivity (Wildman–Crippen MR) is 52.5 cm³/mol. The Morgan fingerprint density at radius 2 is 1.94 bits per heavy atom. The van der Waals surface area contributed by atoms with Gasteiger partial charge in [0.05, 0.1) is 12.6 Å². The molecule has 0 aromatic carbocycles. The Kier molecular flexibility index (Phi) is 5.74. The number of carbonyl (C=O) groups excluding carboxylic acids is 1. The fraction of sp³-hybridized carbons (Fsp3) is 0.889. The van der Waals surface area contributed by atoms with Gasteiger partial charge in [-0.15, -0.1) is 0 Å². The lowest BCUT2D eigenvalue weighted by molar-refractivity contribution is -0.201. The molecule has 0 rings (SSSR count). The second-order valence-corrected chi connectivity index (χ2v) is 4.04. The van der Waals surface area contributed by atoms with Crippen LogP contribution in [0.25, 0.3) is 0 Å². The number of nitrogens with one attached hydrogen (secondary N) is 1. The third kappa shape index (κ3) is 5.92. The van der Waals surface area contributed by atoms with Gasteiger partial charge in [-0.05, 0) is 12.3 Å². The Bertz CT molecular complexity index is 231. The lowest BCUT2D eigenvalue weighted by Crippen LogP contribution is -2.47. The van der Waals surface area contributed by atoms with Crippen LogP contribution in [0.1, 0.15) is 20.3 Å².